The fourth-order valence-electron chi connectivity index (χ4n) is 6.73. The second kappa shape index (κ2) is 8.44. The molecule has 2 aromatic rings. The third-order valence-corrected chi connectivity index (χ3v) is 8.55. The third-order valence-electron chi connectivity index (χ3n) is 8.55. The Morgan fingerprint density at radius 1 is 1.09 bits per heavy atom. The first-order valence-electron chi connectivity index (χ1n) is 12.5. The fourth-order valence-corrected chi connectivity index (χ4v) is 6.73. The van der Waals surface area contributed by atoms with E-state index in [2.05, 4.69) is 54.3 Å². The molecule has 2 aromatic carbocycles. The van der Waals surface area contributed by atoms with Gasteiger partial charge in [0.25, 0.3) is 0 Å². The van der Waals surface area contributed by atoms with Gasteiger partial charge >= 0.3 is 0 Å². The fraction of sp³-hybridized carbons (Fsp3) is 0.536. The number of rotatable bonds is 3. The molecule has 2 saturated heterocycles. The number of carbonyl (C=O) groups excluding carboxylic acids is 1. The van der Waals surface area contributed by atoms with Crippen molar-refractivity contribution >= 4 is 5.91 Å². The number of fused-ring (bicyclic) bond motifs is 2. The van der Waals surface area contributed by atoms with Crippen LogP contribution in [0.4, 0.5) is 0 Å². The molecule has 0 aromatic heterocycles. The standard InChI is InChI=1S/C28H34N2O3/c1-20-7-8-25-23(15-20)18-30(19-33-25)27(31)28-11-14-32-26(28)16-24(17-28)29-12-9-22(10-13-29)21-5-3-2-4-6-21/h2-8,15,22,24,26H,9-14,16-19H2,1H3/t24-,26-,28-/m1/s1. The van der Waals surface area contributed by atoms with E-state index in [9.17, 15) is 4.79 Å². The van der Waals surface area contributed by atoms with Gasteiger partial charge in [-0.15, -0.1) is 0 Å². The highest BCUT2D eigenvalue weighted by molar-refractivity contribution is 5.84. The molecular weight excluding hydrogens is 412 g/mol. The number of aryl methyl sites for hydroxylation is 1. The summed E-state index contributed by atoms with van der Waals surface area (Å²) in [5.74, 6) is 1.80. The Kier molecular flexibility index (Phi) is 5.42. The number of nitrogens with zero attached hydrogens (tertiary/aromatic N) is 2. The molecule has 0 unspecified atom stereocenters. The van der Waals surface area contributed by atoms with Gasteiger partial charge in [0, 0.05) is 18.2 Å². The summed E-state index contributed by atoms with van der Waals surface area (Å²) in [6, 6.07) is 17.6. The van der Waals surface area contributed by atoms with Gasteiger partial charge in [-0.2, -0.15) is 0 Å². The minimum Gasteiger partial charge on any atom is -0.473 e. The lowest BCUT2D eigenvalue weighted by atomic mass is 9.80. The van der Waals surface area contributed by atoms with Crippen LogP contribution >= 0.6 is 0 Å². The summed E-state index contributed by atoms with van der Waals surface area (Å²) in [4.78, 5) is 18.5. The van der Waals surface area contributed by atoms with Crippen molar-refractivity contribution in [1.29, 1.82) is 0 Å². The molecule has 3 aliphatic heterocycles. The van der Waals surface area contributed by atoms with Crippen LogP contribution in [-0.4, -0.2) is 54.3 Å². The number of ether oxygens (including phenoxy) is 2. The van der Waals surface area contributed by atoms with E-state index in [4.69, 9.17) is 9.47 Å². The molecule has 1 saturated carbocycles. The maximum Gasteiger partial charge on any atom is 0.234 e. The molecule has 3 heterocycles. The molecule has 4 aliphatic rings. The van der Waals surface area contributed by atoms with Crippen LogP contribution in [0.3, 0.4) is 0 Å². The first-order valence-corrected chi connectivity index (χ1v) is 12.5. The number of carbonyl (C=O) groups is 1. The van der Waals surface area contributed by atoms with Crippen LogP contribution < -0.4 is 4.74 Å². The predicted molar refractivity (Wildman–Crippen MR) is 127 cm³/mol. The van der Waals surface area contributed by atoms with Gasteiger partial charge in [-0.1, -0.05) is 48.0 Å². The van der Waals surface area contributed by atoms with Crippen LogP contribution in [0.5, 0.6) is 5.75 Å². The number of benzene rings is 2. The van der Waals surface area contributed by atoms with Gasteiger partial charge in [0.1, 0.15) is 5.75 Å². The van der Waals surface area contributed by atoms with Crippen LogP contribution in [-0.2, 0) is 16.1 Å². The summed E-state index contributed by atoms with van der Waals surface area (Å²) in [6.45, 7) is 5.99. The average molecular weight is 447 g/mol. The van der Waals surface area contributed by atoms with Crippen molar-refractivity contribution in [3.8, 4) is 5.75 Å². The smallest absolute Gasteiger partial charge is 0.234 e. The largest absolute Gasteiger partial charge is 0.473 e. The predicted octanol–water partition coefficient (Wildman–Crippen LogP) is 4.49. The van der Waals surface area contributed by atoms with Gasteiger partial charge in [-0.3, -0.25) is 4.79 Å². The van der Waals surface area contributed by atoms with E-state index in [1.54, 1.807) is 0 Å². The van der Waals surface area contributed by atoms with Gasteiger partial charge in [-0.25, -0.2) is 0 Å². The summed E-state index contributed by atoms with van der Waals surface area (Å²) >= 11 is 0. The van der Waals surface area contributed by atoms with E-state index >= 15 is 0 Å². The Labute approximate surface area is 196 Å². The molecule has 5 heteroatoms. The zero-order valence-corrected chi connectivity index (χ0v) is 19.5. The van der Waals surface area contributed by atoms with Gasteiger partial charge in [-0.05, 0) is 69.7 Å². The van der Waals surface area contributed by atoms with Crippen LogP contribution in [0.1, 0.15) is 54.7 Å². The van der Waals surface area contributed by atoms with E-state index in [0.29, 0.717) is 31.8 Å². The molecule has 0 N–H and O–H groups in total. The lowest BCUT2D eigenvalue weighted by molar-refractivity contribution is -0.149. The Hall–Kier alpha value is -2.37. The quantitative estimate of drug-likeness (QED) is 0.697. The zero-order chi connectivity index (χ0) is 22.4. The van der Waals surface area contributed by atoms with E-state index in [-0.39, 0.29) is 17.4 Å². The maximum atomic E-state index is 13.9. The molecule has 1 aliphatic carbocycles. The molecule has 6 rings (SSSR count). The molecule has 174 valence electrons. The first-order chi connectivity index (χ1) is 16.1. The van der Waals surface area contributed by atoms with E-state index in [1.807, 2.05) is 11.0 Å². The first kappa shape index (κ1) is 21.2. The van der Waals surface area contributed by atoms with E-state index < -0.39 is 0 Å². The highest BCUT2D eigenvalue weighted by Gasteiger charge is 2.58. The summed E-state index contributed by atoms with van der Waals surface area (Å²) in [5, 5.41) is 0. The normalized spacial score (nSPS) is 30.0. The molecule has 5 nitrogen and oxygen atoms in total. The summed E-state index contributed by atoms with van der Waals surface area (Å²) < 4.78 is 12.1. The Bertz CT molecular complexity index is 1020. The van der Waals surface area contributed by atoms with E-state index in [1.165, 1.54) is 24.0 Å². The van der Waals surface area contributed by atoms with Crippen molar-refractivity contribution in [2.75, 3.05) is 26.4 Å². The molecular formula is C28H34N2O3. The Balaban J connectivity index is 1.14. The minimum absolute atomic E-state index is 0.0424. The Morgan fingerprint density at radius 2 is 1.91 bits per heavy atom. The molecule has 0 bridgehead atoms. The van der Waals surface area contributed by atoms with Gasteiger partial charge in [0.05, 0.1) is 18.1 Å². The summed E-state index contributed by atoms with van der Waals surface area (Å²) in [7, 11) is 0. The second-order valence-electron chi connectivity index (χ2n) is 10.5. The van der Waals surface area contributed by atoms with Crippen molar-refractivity contribution < 1.29 is 14.3 Å². The van der Waals surface area contributed by atoms with E-state index in [0.717, 1.165) is 43.7 Å². The molecule has 1 amide bonds. The lowest BCUT2D eigenvalue weighted by Crippen LogP contribution is -2.49. The number of piperidine rings is 1. The Morgan fingerprint density at radius 3 is 2.73 bits per heavy atom. The van der Waals surface area contributed by atoms with Gasteiger partial charge in [0.15, 0.2) is 6.73 Å². The van der Waals surface area contributed by atoms with Gasteiger partial charge < -0.3 is 19.3 Å². The van der Waals surface area contributed by atoms with Crippen molar-refractivity contribution in [2.45, 2.75) is 63.6 Å². The average Bonchev–Trinajstić information content (AvgIpc) is 3.42. The number of amides is 1. The molecule has 3 atom stereocenters. The van der Waals surface area contributed by atoms with Crippen LogP contribution in [0, 0.1) is 12.3 Å². The van der Waals surface area contributed by atoms with Crippen LogP contribution in [0.25, 0.3) is 0 Å². The topological polar surface area (TPSA) is 42.0 Å². The second-order valence-corrected chi connectivity index (χ2v) is 10.5. The van der Waals surface area contributed by atoms with Crippen molar-refractivity contribution in [1.82, 2.24) is 9.80 Å². The van der Waals surface area contributed by atoms with Crippen molar-refractivity contribution in [3.63, 3.8) is 0 Å². The molecule has 0 radical (unpaired) electrons. The van der Waals surface area contributed by atoms with Crippen molar-refractivity contribution in [3.05, 3.63) is 65.2 Å². The van der Waals surface area contributed by atoms with Crippen LogP contribution in [0.2, 0.25) is 0 Å². The number of hydrogen-bond donors (Lipinski definition) is 0. The molecule has 3 fully saturated rings. The molecule has 0 spiro atoms. The zero-order valence-electron chi connectivity index (χ0n) is 19.5. The van der Waals surface area contributed by atoms with Crippen LogP contribution in [0.15, 0.2) is 48.5 Å². The minimum atomic E-state index is -0.383. The monoisotopic (exact) mass is 446 g/mol. The van der Waals surface area contributed by atoms with Gasteiger partial charge in [0.2, 0.25) is 5.91 Å². The third kappa shape index (κ3) is 3.75. The maximum absolute atomic E-state index is 13.9. The number of likely N-dealkylation sites (tertiary alicyclic amines) is 1. The number of hydrogen-bond acceptors (Lipinski definition) is 4. The summed E-state index contributed by atoms with van der Waals surface area (Å²) in [6.07, 6.45) is 5.17. The summed E-state index contributed by atoms with van der Waals surface area (Å²) in [5.41, 5.74) is 3.40. The molecule has 33 heavy (non-hydrogen) atoms. The lowest BCUT2D eigenvalue weighted by Gasteiger charge is -2.38. The highest BCUT2D eigenvalue weighted by Crippen LogP contribution is 2.51. The highest BCUT2D eigenvalue weighted by atomic mass is 16.5. The van der Waals surface area contributed by atoms with Crippen molar-refractivity contribution in [2.24, 2.45) is 5.41 Å². The SMILES string of the molecule is Cc1ccc2c(c1)CN(C(=O)[C@@]13CCO[C@@H]1C[C@@H](N1CCC(c4ccccc4)CC1)C3)CO2.